The number of H-pyrrole nitrogens is 1. The van der Waals surface area contributed by atoms with Crippen molar-refractivity contribution < 1.29 is 19.1 Å². The van der Waals surface area contributed by atoms with Gasteiger partial charge in [-0.25, -0.2) is 0 Å². The Kier molecular flexibility index (Phi) is 6.75. The number of anilines is 1. The van der Waals surface area contributed by atoms with Crippen molar-refractivity contribution in [1.29, 1.82) is 0 Å². The number of halogens is 1. The molecule has 0 atom stereocenters. The maximum atomic E-state index is 13.2. The van der Waals surface area contributed by atoms with Crippen LogP contribution in [0.2, 0.25) is 5.02 Å². The fourth-order valence-corrected chi connectivity index (χ4v) is 3.80. The van der Waals surface area contributed by atoms with Gasteiger partial charge in [0.2, 0.25) is 0 Å². The molecule has 0 saturated heterocycles. The first-order chi connectivity index (χ1) is 16.4. The van der Waals surface area contributed by atoms with Crippen molar-refractivity contribution in [2.75, 3.05) is 19.5 Å². The minimum atomic E-state index is -0.370. The van der Waals surface area contributed by atoms with E-state index < -0.39 is 0 Å². The molecule has 0 aliphatic heterocycles. The number of amides is 2. The van der Waals surface area contributed by atoms with Gasteiger partial charge in [0.25, 0.3) is 11.8 Å². The molecular weight excluding hydrogens is 454 g/mol. The van der Waals surface area contributed by atoms with Gasteiger partial charge in [-0.3, -0.25) is 9.59 Å². The van der Waals surface area contributed by atoms with Crippen LogP contribution >= 0.6 is 11.6 Å². The van der Waals surface area contributed by atoms with Crippen molar-refractivity contribution in [3.63, 3.8) is 0 Å². The van der Waals surface area contributed by atoms with Gasteiger partial charge in [0.15, 0.2) is 0 Å². The van der Waals surface area contributed by atoms with Crippen molar-refractivity contribution in [2.45, 2.75) is 13.5 Å². The van der Waals surface area contributed by atoms with Gasteiger partial charge in [-0.05, 0) is 61.5 Å². The van der Waals surface area contributed by atoms with Crippen molar-refractivity contribution in [3.05, 3.63) is 88.1 Å². The zero-order valence-corrected chi connectivity index (χ0v) is 19.7. The molecule has 0 aliphatic carbocycles. The van der Waals surface area contributed by atoms with Crippen LogP contribution in [0.1, 0.15) is 32.0 Å². The number of carbonyl (C=O) groups excluding carboxylic acids is 2. The van der Waals surface area contributed by atoms with E-state index in [1.54, 1.807) is 56.7 Å². The number of methoxy groups -OCH3 is 2. The molecule has 0 unspecified atom stereocenters. The zero-order chi connectivity index (χ0) is 24.2. The van der Waals surface area contributed by atoms with Crippen LogP contribution in [0.5, 0.6) is 11.5 Å². The van der Waals surface area contributed by atoms with Gasteiger partial charge in [-0.2, -0.15) is 0 Å². The molecule has 1 heterocycles. The smallest absolute Gasteiger partial charge is 0.270 e. The average Bonchev–Trinajstić information content (AvgIpc) is 3.20. The van der Waals surface area contributed by atoms with Crippen LogP contribution in [0.25, 0.3) is 10.9 Å². The molecule has 3 aromatic carbocycles. The van der Waals surface area contributed by atoms with E-state index in [0.717, 1.165) is 22.0 Å². The molecular formula is C26H24ClN3O4. The number of benzene rings is 3. The lowest BCUT2D eigenvalue weighted by atomic mass is 10.1. The van der Waals surface area contributed by atoms with Gasteiger partial charge in [0.1, 0.15) is 17.2 Å². The highest BCUT2D eigenvalue weighted by molar-refractivity contribution is 6.30. The fourth-order valence-electron chi connectivity index (χ4n) is 3.68. The van der Waals surface area contributed by atoms with Gasteiger partial charge in [-0.1, -0.05) is 23.2 Å². The second-order valence-corrected chi connectivity index (χ2v) is 8.18. The van der Waals surface area contributed by atoms with E-state index in [2.05, 4.69) is 15.6 Å². The lowest BCUT2D eigenvalue weighted by Gasteiger charge is -2.12. The van der Waals surface area contributed by atoms with Crippen LogP contribution in [0.4, 0.5) is 5.69 Å². The first-order valence-electron chi connectivity index (χ1n) is 10.6. The number of aromatic amines is 1. The predicted octanol–water partition coefficient (Wildman–Crippen LogP) is 5.33. The zero-order valence-electron chi connectivity index (χ0n) is 19.0. The van der Waals surface area contributed by atoms with Crippen LogP contribution in [0.15, 0.2) is 60.7 Å². The SMILES string of the molecule is COc1ccc(OC)c(CNC(=O)c2[nH]c3ccc(C)cc3c2NC(=O)c2ccc(Cl)cc2)c1. The minimum absolute atomic E-state index is 0.207. The van der Waals surface area contributed by atoms with E-state index in [4.69, 9.17) is 21.1 Å². The highest BCUT2D eigenvalue weighted by Crippen LogP contribution is 2.30. The Hall–Kier alpha value is -3.97. The van der Waals surface area contributed by atoms with Crippen molar-refractivity contribution in [3.8, 4) is 11.5 Å². The summed E-state index contributed by atoms with van der Waals surface area (Å²) in [5.41, 5.74) is 3.59. The number of rotatable bonds is 7. The van der Waals surface area contributed by atoms with Gasteiger partial charge in [0, 0.05) is 33.6 Å². The summed E-state index contributed by atoms with van der Waals surface area (Å²) in [5.74, 6) is 0.569. The summed E-state index contributed by atoms with van der Waals surface area (Å²) in [4.78, 5) is 29.3. The van der Waals surface area contributed by atoms with E-state index >= 15 is 0 Å². The highest BCUT2D eigenvalue weighted by Gasteiger charge is 2.21. The Balaban J connectivity index is 1.65. The molecule has 0 radical (unpaired) electrons. The van der Waals surface area contributed by atoms with Crippen LogP contribution in [0.3, 0.4) is 0 Å². The first-order valence-corrected chi connectivity index (χ1v) is 11.0. The largest absolute Gasteiger partial charge is 0.497 e. The first kappa shape index (κ1) is 23.2. The number of nitrogens with one attached hydrogen (secondary N) is 3. The van der Waals surface area contributed by atoms with E-state index in [1.807, 2.05) is 25.1 Å². The van der Waals surface area contributed by atoms with Crippen LogP contribution < -0.4 is 20.1 Å². The lowest BCUT2D eigenvalue weighted by Crippen LogP contribution is -2.25. The monoisotopic (exact) mass is 477 g/mol. The number of hydrogen-bond acceptors (Lipinski definition) is 4. The molecule has 3 N–H and O–H groups in total. The Morgan fingerprint density at radius 1 is 0.941 bits per heavy atom. The van der Waals surface area contributed by atoms with Crippen molar-refractivity contribution in [2.24, 2.45) is 0 Å². The quantitative estimate of drug-likeness (QED) is 0.335. The number of ether oxygens (including phenoxy) is 2. The summed E-state index contributed by atoms with van der Waals surface area (Å²) in [7, 11) is 3.14. The standard InChI is InChI=1S/C26H24ClN3O4/c1-15-4-10-21-20(12-15)23(30-25(31)16-5-7-18(27)8-6-16)24(29-21)26(32)28-14-17-13-19(33-2)9-11-22(17)34-3/h4-13,29H,14H2,1-3H3,(H,28,32)(H,30,31). The summed E-state index contributed by atoms with van der Waals surface area (Å²) in [6.45, 7) is 2.16. The maximum absolute atomic E-state index is 13.2. The third-order valence-electron chi connectivity index (χ3n) is 5.45. The molecule has 4 aromatic rings. The average molecular weight is 478 g/mol. The molecule has 4 rings (SSSR count). The Labute approximate surface area is 202 Å². The molecule has 1 aromatic heterocycles. The molecule has 0 bridgehead atoms. The minimum Gasteiger partial charge on any atom is -0.497 e. The summed E-state index contributed by atoms with van der Waals surface area (Å²) < 4.78 is 10.7. The summed E-state index contributed by atoms with van der Waals surface area (Å²) in [6, 6.07) is 17.7. The molecule has 34 heavy (non-hydrogen) atoms. The number of aryl methyl sites for hydroxylation is 1. The summed E-state index contributed by atoms with van der Waals surface area (Å²) in [6.07, 6.45) is 0. The number of hydrogen-bond donors (Lipinski definition) is 3. The number of carbonyl (C=O) groups is 2. The third-order valence-corrected chi connectivity index (χ3v) is 5.71. The van der Waals surface area contributed by atoms with Crippen LogP contribution in [-0.4, -0.2) is 31.0 Å². The Morgan fingerprint density at radius 3 is 2.41 bits per heavy atom. The second-order valence-electron chi connectivity index (χ2n) is 7.75. The molecule has 7 nitrogen and oxygen atoms in total. The molecule has 2 amide bonds. The van der Waals surface area contributed by atoms with Crippen LogP contribution in [0, 0.1) is 6.92 Å². The van der Waals surface area contributed by atoms with E-state index in [1.165, 1.54) is 0 Å². The normalized spacial score (nSPS) is 10.7. The highest BCUT2D eigenvalue weighted by atomic mass is 35.5. The molecule has 0 aliphatic rings. The maximum Gasteiger partial charge on any atom is 0.270 e. The molecule has 0 fully saturated rings. The van der Waals surface area contributed by atoms with E-state index in [-0.39, 0.29) is 24.1 Å². The summed E-state index contributed by atoms with van der Waals surface area (Å²) >= 11 is 5.94. The number of aromatic nitrogens is 1. The van der Waals surface area contributed by atoms with Crippen molar-refractivity contribution in [1.82, 2.24) is 10.3 Å². The number of fused-ring (bicyclic) bond motifs is 1. The Morgan fingerprint density at radius 2 is 1.71 bits per heavy atom. The molecule has 174 valence electrons. The fraction of sp³-hybridized carbons (Fsp3) is 0.154. The Bertz CT molecular complexity index is 1360. The van der Waals surface area contributed by atoms with Crippen LogP contribution in [-0.2, 0) is 6.54 Å². The summed E-state index contributed by atoms with van der Waals surface area (Å²) in [5, 5.41) is 7.08. The molecule has 8 heteroatoms. The third kappa shape index (κ3) is 4.84. The van der Waals surface area contributed by atoms with Gasteiger partial charge < -0.3 is 25.1 Å². The van der Waals surface area contributed by atoms with Crippen molar-refractivity contribution >= 4 is 40.0 Å². The van der Waals surface area contributed by atoms with Gasteiger partial charge in [0.05, 0.1) is 19.9 Å². The topological polar surface area (TPSA) is 92.4 Å². The second kappa shape index (κ2) is 9.89. The lowest BCUT2D eigenvalue weighted by molar-refractivity contribution is 0.0947. The van der Waals surface area contributed by atoms with Gasteiger partial charge in [-0.15, -0.1) is 0 Å². The predicted molar refractivity (Wildman–Crippen MR) is 133 cm³/mol. The molecule has 0 spiro atoms. The van der Waals surface area contributed by atoms with E-state index in [0.29, 0.717) is 27.8 Å². The van der Waals surface area contributed by atoms with E-state index in [9.17, 15) is 9.59 Å². The van der Waals surface area contributed by atoms with Gasteiger partial charge >= 0.3 is 0 Å². The molecule has 0 saturated carbocycles.